The predicted octanol–water partition coefficient (Wildman–Crippen LogP) is 8.51. The Bertz CT molecular complexity index is 1560. The summed E-state index contributed by atoms with van der Waals surface area (Å²) in [4.78, 5) is 0. The first-order valence-corrected chi connectivity index (χ1v) is 13.0. The van der Waals surface area contributed by atoms with E-state index in [-0.39, 0.29) is 5.75 Å². The summed E-state index contributed by atoms with van der Waals surface area (Å²) in [7, 11) is 1.66. The molecule has 0 fully saturated rings. The maximum atomic E-state index is 10.7. The Morgan fingerprint density at radius 3 is 1.54 bits per heavy atom. The number of hydrogen-bond donors (Lipinski definition) is 1. The smallest absolute Gasteiger partial charge is 0.161 e. The van der Waals surface area contributed by atoms with Crippen LogP contribution in [0.2, 0.25) is 0 Å². The number of benzene rings is 5. The van der Waals surface area contributed by atoms with Gasteiger partial charge >= 0.3 is 0 Å². The molecule has 0 radical (unpaired) electrons. The van der Waals surface area contributed by atoms with Gasteiger partial charge in [0.1, 0.15) is 13.2 Å². The molecule has 0 aliphatic heterocycles. The van der Waals surface area contributed by atoms with Gasteiger partial charge in [-0.05, 0) is 82.6 Å². The number of ether oxygens (including phenoxy) is 3. The van der Waals surface area contributed by atoms with Gasteiger partial charge in [-0.15, -0.1) is 0 Å². The molecule has 4 heteroatoms. The third kappa shape index (κ3) is 6.07. The molecule has 0 aliphatic rings. The zero-order chi connectivity index (χ0) is 27.2. The van der Waals surface area contributed by atoms with Crippen LogP contribution in [0, 0.1) is 13.8 Å². The van der Waals surface area contributed by atoms with Crippen LogP contribution in [0.15, 0.2) is 109 Å². The summed E-state index contributed by atoms with van der Waals surface area (Å²) in [6, 6.07) is 36.0. The number of methoxy groups -OCH3 is 1. The van der Waals surface area contributed by atoms with E-state index >= 15 is 0 Å². The fourth-order valence-corrected chi connectivity index (χ4v) is 4.67. The number of rotatable bonds is 9. The van der Waals surface area contributed by atoms with Crippen LogP contribution in [0.25, 0.3) is 22.3 Å². The second kappa shape index (κ2) is 11.8. The third-order valence-corrected chi connectivity index (χ3v) is 6.79. The molecule has 5 aromatic rings. The number of aromatic hydroxyl groups is 1. The molecule has 0 atom stereocenters. The van der Waals surface area contributed by atoms with Gasteiger partial charge in [-0.2, -0.15) is 0 Å². The van der Waals surface area contributed by atoms with E-state index in [9.17, 15) is 5.11 Å². The molecule has 0 amide bonds. The standard InChI is InChI=1S/C35H32O4/c1-24-19-31(29-15-17-34(35(21-29)37-3)39-23-27-12-8-5-9-13-27)25(2)18-30(24)28-14-16-33(32(36)20-28)38-22-26-10-6-4-7-11-26/h4-21,36H,22-23H2,1-3H3. The molecule has 4 nitrogen and oxygen atoms in total. The summed E-state index contributed by atoms with van der Waals surface area (Å²) >= 11 is 0. The summed E-state index contributed by atoms with van der Waals surface area (Å²) in [6.07, 6.45) is 0. The fourth-order valence-electron chi connectivity index (χ4n) is 4.67. The van der Waals surface area contributed by atoms with E-state index in [0.717, 1.165) is 44.5 Å². The van der Waals surface area contributed by atoms with Crippen LogP contribution >= 0.6 is 0 Å². The van der Waals surface area contributed by atoms with Crippen molar-refractivity contribution in [2.45, 2.75) is 27.1 Å². The highest BCUT2D eigenvalue weighted by Crippen LogP contribution is 2.38. The Hall–Kier alpha value is -4.70. The zero-order valence-electron chi connectivity index (χ0n) is 22.5. The minimum absolute atomic E-state index is 0.125. The largest absolute Gasteiger partial charge is 0.504 e. The van der Waals surface area contributed by atoms with Gasteiger partial charge in [-0.3, -0.25) is 0 Å². The molecule has 0 unspecified atom stereocenters. The molecule has 0 heterocycles. The highest BCUT2D eigenvalue weighted by molar-refractivity contribution is 5.78. The van der Waals surface area contributed by atoms with Gasteiger partial charge < -0.3 is 19.3 Å². The molecule has 0 saturated carbocycles. The highest BCUT2D eigenvalue weighted by atomic mass is 16.5. The fraction of sp³-hybridized carbons (Fsp3) is 0.143. The van der Waals surface area contributed by atoms with Crippen LogP contribution in [0.5, 0.6) is 23.0 Å². The molecule has 5 rings (SSSR count). The van der Waals surface area contributed by atoms with Gasteiger partial charge in [0.15, 0.2) is 23.0 Å². The molecule has 5 aromatic carbocycles. The summed E-state index contributed by atoms with van der Waals surface area (Å²) < 4.78 is 17.6. The van der Waals surface area contributed by atoms with Crippen molar-refractivity contribution in [1.29, 1.82) is 0 Å². The van der Waals surface area contributed by atoms with E-state index in [0.29, 0.717) is 30.5 Å². The van der Waals surface area contributed by atoms with Crippen molar-refractivity contribution in [2.24, 2.45) is 0 Å². The topological polar surface area (TPSA) is 47.9 Å². The van der Waals surface area contributed by atoms with Gasteiger partial charge in [0.25, 0.3) is 0 Å². The lowest BCUT2D eigenvalue weighted by molar-refractivity contribution is 0.284. The van der Waals surface area contributed by atoms with E-state index in [1.54, 1.807) is 13.2 Å². The summed E-state index contributed by atoms with van der Waals surface area (Å²) in [5, 5.41) is 10.7. The van der Waals surface area contributed by atoms with Crippen LogP contribution in [0.1, 0.15) is 22.3 Å². The highest BCUT2D eigenvalue weighted by Gasteiger charge is 2.14. The Kier molecular flexibility index (Phi) is 7.83. The van der Waals surface area contributed by atoms with Crippen molar-refractivity contribution in [3.05, 3.63) is 131 Å². The first-order valence-electron chi connectivity index (χ1n) is 13.0. The second-order valence-corrected chi connectivity index (χ2v) is 9.58. The van der Waals surface area contributed by atoms with Crippen LogP contribution < -0.4 is 14.2 Å². The summed E-state index contributed by atoms with van der Waals surface area (Å²) in [6.45, 7) is 5.07. The van der Waals surface area contributed by atoms with Crippen molar-refractivity contribution >= 4 is 0 Å². The minimum atomic E-state index is 0.125. The van der Waals surface area contributed by atoms with Gasteiger partial charge in [-0.1, -0.05) is 84.9 Å². The molecule has 196 valence electrons. The van der Waals surface area contributed by atoms with Crippen LogP contribution in [0.4, 0.5) is 0 Å². The van der Waals surface area contributed by atoms with E-state index in [1.807, 2.05) is 84.9 Å². The first-order chi connectivity index (χ1) is 19.0. The van der Waals surface area contributed by atoms with E-state index in [2.05, 4.69) is 32.0 Å². The van der Waals surface area contributed by atoms with E-state index in [4.69, 9.17) is 14.2 Å². The first kappa shape index (κ1) is 25.9. The molecular weight excluding hydrogens is 484 g/mol. The van der Waals surface area contributed by atoms with Crippen LogP contribution in [0.3, 0.4) is 0 Å². The second-order valence-electron chi connectivity index (χ2n) is 9.58. The van der Waals surface area contributed by atoms with Crippen molar-refractivity contribution in [2.75, 3.05) is 7.11 Å². The molecule has 0 saturated heterocycles. The van der Waals surface area contributed by atoms with Gasteiger partial charge in [0.2, 0.25) is 0 Å². The predicted molar refractivity (Wildman–Crippen MR) is 157 cm³/mol. The summed E-state index contributed by atoms with van der Waals surface area (Å²) in [5.74, 6) is 2.00. The molecule has 39 heavy (non-hydrogen) atoms. The molecule has 0 aliphatic carbocycles. The lowest BCUT2D eigenvalue weighted by atomic mass is 9.91. The van der Waals surface area contributed by atoms with E-state index < -0.39 is 0 Å². The number of phenolic OH excluding ortho intramolecular Hbond substituents is 1. The van der Waals surface area contributed by atoms with Crippen molar-refractivity contribution < 1.29 is 19.3 Å². The monoisotopic (exact) mass is 516 g/mol. The zero-order valence-corrected chi connectivity index (χ0v) is 22.5. The van der Waals surface area contributed by atoms with E-state index in [1.165, 1.54) is 0 Å². The van der Waals surface area contributed by atoms with Gasteiger partial charge in [0, 0.05) is 0 Å². The normalized spacial score (nSPS) is 10.7. The average molecular weight is 517 g/mol. The third-order valence-electron chi connectivity index (χ3n) is 6.79. The van der Waals surface area contributed by atoms with Gasteiger partial charge in [-0.25, -0.2) is 0 Å². The molecular formula is C35H32O4. The number of hydrogen-bond acceptors (Lipinski definition) is 4. The quantitative estimate of drug-likeness (QED) is 0.213. The summed E-state index contributed by atoms with van der Waals surface area (Å²) in [5.41, 5.74) is 8.57. The Morgan fingerprint density at radius 2 is 1.03 bits per heavy atom. The molecule has 1 N–H and O–H groups in total. The maximum absolute atomic E-state index is 10.7. The number of phenols is 1. The molecule has 0 bridgehead atoms. The van der Waals surface area contributed by atoms with Gasteiger partial charge in [0.05, 0.1) is 7.11 Å². The van der Waals surface area contributed by atoms with Crippen molar-refractivity contribution in [3.63, 3.8) is 0 Å². The Labute approximate surface area is 230 Å². The van der Waals surface area contributed by atoms with Crippen molar-refractivity contribution in [1.82, 2.24) is 0 Å². The van der Waals surface area contributed by atoms with Crippen LogP contribution in [-0.2, 0) is 13.2 Å². The lowest BCUT2D eigenvalue weighted by Gasteiger charge is -2.16. The SMILES string of the molecule is COc1cc(-c2cc(C)c(-c3ccc(OCc4ccccc4)c(O)c3)cc2C)ccc1OCc1ccccc1. The Morgan fingerprint density at radius 1 is 0.538 bits per heavy atom. The molecule has 0 aromatic heterocycles. The van der Waals surface area contributed by atoms with Crippen molar-refractivity contribution in [3.8, 4) is 45.3 Å². The number of aryl methyl sites for hydroxylation is 2. The Balaban J connectivity index is 1.35. The molecule has 0 spiro atoms. The minimum Gasteiger partial charge on any atom is -0.504 e. The average Bonchev–Trinajstić information content (AvgIpc) is 2.97. The lowest BCUT2D eigenvalue weighted by Crippen LogP contribution is -1.98. The van der Waals surface area contributed by atoms with Crippen LogP contribution in [-0.4, -0.2) is 12.2 Å². The maximum Gasteiger partial charge on any atom is 0.161 e.